The van der Waals surface area contributed by atoms with Crippen LogP contribution >= 0.6 is 0 Å². The molecule has 3 fully saturated rings. The van der Waals surface area contributed by atoms with Crippen LogP contribution < -0.4 is 5.32 Å². The molecule has 4 rings (SSSR count). The van der Waals surface area contributed by atoms with Crippen LogP contribution in [0.4, 0.5) is 0 Å². The van der Waals surface area contributed by atoms with Gasteiger partial charge in [-0.1, -0.05) is 36.8 Å². The van der Waals surface area contributed by atoms with Gasteiger partial charge in [0.15, 0.2) is 0 Å². The molecule has 0 amide bonds. The molecule has 19 heavy (non-hydrogen) atoms. The lowest BCUT2D eigenvalue weighted by molar-refractivity contribution is 0.209. The van der Waals surface area contributed by atoms with Crippen LogP contribution in [0.5, 0.6) is 0 Å². The van der Waals surface area contributed by atoms with Crippen molar-refractivity contribution in [1.29, 1.82) is 0 Å². The SMILES string of the molecule is c1ccc(CCNC2CC3CC2C2CCCC32)cc1. The first kappa shape index (κ1) is 12.0. The summed E-state index contributed by atoms with van der Waals surface area (Å²) in [6.45, 7) is 1.16. The molecule has 0 heterocycles. The van der Waals surface area contributed by atoms with E-state index in [2.05, 4.69) is 35.6 Å². The Kier molecular flexibility index (Phi) is 3.11. The maximum absolute atomic E-state index is 3.87. The lowest BCUT2D eigenvalue weighted by atomic mass is 9.79. The molecule has 1 aromatic carbocycles. The number of hydrogen-bond acceptors (Lipinski definition) is 1. The summed E-state index contributed by atoms with van der Waals surface area (Å²) in [5.74, 6) is 4.31. The predicted molar refractivity (Wildman–Crippen MR) is 79.0 cm³/mol. The summed E-state index contributed by atoms with van der Waals surface area (Å²) in [4.78, 5) is 0. The summed E-state index contributed by atoms with van der Waals surface area (Å²) >= 11 is 0. The van der Waals surface area contributed by atoms with Gasteiger partial charge in [-0.3, -0.25) is 0 Å². The highest BCUT2D eigenvalue weighted by molar-refractivity contribution is 5.15. The van der Waals surface area contributed by atoms with E-state index in [-0.39, 0.29) is 0 Å². The third-order valence-corrected chi connectivity index (χ3v) is 6.09. The molecule has 1 N–H and O–H groups in total. The first-order valence-corrected chi connectivity index (χ1v) is 8.19. The zero-order valence-electron chi connectivity index (χ0n) is 11.7. The van der Waals surface area contributed by atoms with Crippen molar-refractivity contribution >= 4 is 0 Å². The minimum Gasteiger partial charge on any atom is -0.313 e. The van der Waals surface area contributed by atoms with Gasteiger partial charge in [-0.25, -0.2) is 0 Å². The van der Waals surface area contributed by atoms with Crippen molar-refractivity contribution < 1.29 is 0 Å². The van der Waals surface area contributed by atoms with Crippen LogP contribution in [0.1, 0.15) is 37.7 Å². The third-order valence-electron chi connectivity index (χ3n) is 6.09. The fraction of sp³-hybridized carbons (Fsp3) is 0.667. The molecule has 0 saturated heterocycles. The van der Waals surface area contributed by atoms with E-state index in [9.17, 15) is 0 Å². The van der Waals surface area contributed by atoms with Crippen LogP contribution in [0.2, 0.25) is 0 Å². The van der Waals surface area contributed by atoms with Crippen molar-refractivity contribution in [2.45, 2.75) is 44.6 Å². The molecule has 5 unspecified atom stereocenters. The molecule has 1 nitrogen and oxygen atoms in total. The van der Waals surface area contributed by atoms with Crippen molar-refractivity contribution in [1.82, 2.24) is 5.32 Å². The van der Waals surface area contributed by atoms with Gasteiger partial charge in [0, 0.05) is 6.04 Å². The Bertz CT molecular complexity index is 427. The maximum Gasteiger partial charge on any atom is 0.0101 e. The summed E-state index contributed by atoms with van der Waals surface area (Å²) in [5, 5.41) is 3.87. The third kappa shape index (κ3) is 2.12. The first-order chi connectivity index (χ1) is 9.42. The summed E-state index contributed by atoms with van der Waals surface area (Å²) in [6, 6.07) is 11.7. The van der Waals surface area contributed by atoms with Crippen LogP contribution in [0.3, 0.4) is 0 Å². The summed E-state index contributed by atoms with van der Waals surface area (Å²) in [5.41, 5.74) is 1.47. The van der Waals surface area contributed by atoms with Crippen LogP contribution in [0.15, 0.2) is 30.3 Å². The molecule has 0 radical (unpaired) electrons. The van der Waals surface area contributed by atoms with Crippen molar-refractivity contribution in [3.05, 3.63) is 35.9 Å². The smallest absolute Gasteiger partial charge is 0.0101 e. The van der Waals surface area contributed by atoms with Crippen molar-refractivity contribution in [2.75, 3.05) is 6.54 Å². The van der Waals surface area contributed by atoms with Gasteiger partial charge in [-0.05, 0) is 67.9 Å². The normalized spacial score (nSPS) is 39.7. The minimum atomic E-state index is 0.841. The van der Waals surface area contributed by atoms with E-state index >= 15 is 0 Å². The van der Waals surface area contributed by atoms with Crippen LogP contribution in [0, 0.1) is 23.7 Å². The number of fused-ring (bicyclic) bond motifs is 5. The highest BCUT2D eigenvalue weighted by atomic mass is 14.9. The second-order valence-corrected chi connectivity index (χ2v) is 6.95. The minimum absolute atomic E-state index is 0.841. The molecule has 2 bridgehead atoms. The Morgan fingerprint density at radius 3 is 2.68 bits per heavy atom. The van der Waals surface area contributed by atoms with Crippen molar-refractivity contribution in [3.8, 4) is 0 Å². The Balaban J connectivity index is 1.31. The zero-order chi connectivity index (χ0) is 12.7. The molecule has 1 heteroatoms. The van der Waals surface area contributed by atoms with E-state index in [0.717, 1.165) is 36.3 Å². The van der Waals surface area contributed by atoms with Crippen LogP contribution in [-0.4, -0.2) is 12.6 Å². The summed E-state index contributed by atoms with van der Waals surface area (Å²) < 4.78 is 0. The molecule has 0 aliphatic heterocycles. The van der Waals surface area contributed by atoms with Crippen molar-refractivity contribution in [2.24, 2.45) is 23.7 Å². The maximum atomic E-state index is 3.87. The highest BCUT2D eigenvalue weighted by Crippen LogP contribution is 2.58. The molecular formula is C18H25N. The fourth-order valence-electron chi connectivity index (χ4n) is 5.35. The molecular weight excluding hydrogens is 230 g/mol. The van der Waals surface area contributed by atoms with Gasteiger partial charge >= 0.3 is 0 Å². The van der Waals surface area contributed by atoms with Gasteiger partial charge in [0.05, 0.1) is 0 Å². The largest absolute Gasteiger partial charge is 0.313 e. The lowest BCUT2D eigenvalue weighted by Gasteiger charge is -2.32. The number of nitrogens with one attached hydrogen (secondary N) is 1. The summed E-state index contributed by atoms with van der Waals surface area (Å²) in [7, 11) is 0. The van der Waals surface area contributed by atoms with E-state index < -0.39 is 0 Å². The number of hydrogen-bond donors (Lipinski definition) is 1. The van der Waals surface area contributed by atoms with E-state index in [1.54, 1.807) is 12.8 Å². The van der Waals surface area contributed by atoms with Gasteiger partial charge < -0.3 is 5.32 Å². The van der Waals surface area contributed by atoms with Gasteiger partial charge in [-0.15, -0.1) is 0 Å². The average Bonchev–Trinajstić information content (AvgIpc) is 3.12. The van der Waals surface area contributed by atoms with Gasteiger partial charge in [0.1, 0.15) is 0 Å². The lowest BCUT2D eigenvalue weighted by Crippen LogP contribution is -2.40. The average molecular weight is 255 g/mol. The van der Waals surface area contributed by atoms with Crippen LogP contribution in [0.25, 0.3) is 0 Å². The molecule has 3 aliphatic rings. The Labute approximate surface area is 116 Å². The topological polar surface area (TPSA) is 12.0 Å². The number of benzene rings is 1. The Morgan fingerprint density at radius 2 is 1.79 bits per heavy atom. The summed E-state index contributed by atoms with van der Waals surface area (Å²) in [6.07, 6.45) is 8.78. The van der Waals surface area contributed by atoms with E-state index in [0.29, 0.717) is 0 Å². The standard InChI is InChI=1S/C18H25N/c1-2-5-13(6-3-1)9-10-19-18-12-14-11-17(18)16-8-4-7-15(14)16/h1-3,5-6,14-19H,4,7-12H2. The quantitative estimate of drug-likeness (QED) is 0.866. The fourth-order valence-corrected chi connectivity index (χ4v) is 5.35. The molecule has 3 saturated carbocycles. The second-order valence-electron chi connectivity index (χ2n) is 6.95. The molecule has 3 aliphatic carbocycles. The molecule has 0 aromatic heterocycles. The van der Waals surface area contributed by atoms with E-state index in [1.165, 1.54) is 31.2 Å². The van der Waals surface area contributed by atoms with Gasteiger partial charge in [0.25, 0.3) is 0 Å². The van der Waals surface area contributed by atoms with E-state index in [4.69, 9.17) is 0 Å². The van der Waals surface area contributed by atoms with E-state index in [1.807, 2.05) is 0 Å². The van der Waals surface area contributed by atoms with Gasteiger partial charge in [0.2, 0.25) is 0 Å². The highest BCUT2D eigenvalue weighted by Gasteiger charge is 2.53. The second kappa shape index (κ2) is 4.94. The number of rotatable bonds is 4. The van der Waals surface area contributed by atoms with Gasteiger partial charge in [-0.2, -0.15) is 0 Å². The predicted octanol–water partition coefficient (Wildman–Crippen LogP) is 3.64. The first-order valence-electron chi connectivity index (χ1n) is 8.19. The van der Waals surface area contributed by atoms with Crippen molar-refractivity contribution in [3.63, 3.8) is 0 Å². The molecule has 5 atom stereocenters. The molecule has 102 valence electrons. The molecule has 0 spiro atoms. The Morgan fingerprint density at radius 1 is 0.947 bits per heavy atom. The van der Waals surface area contributed by atoms with Crippen LogP contribution in [-0.2, 0) is 6.42 Å². The molecule has 1 aromatic rings. The Hall–Kier alpha value is -0.820. The monoisotopic (exact) mass is 255 g/mol. The zero-order valence-corrected chi connectivity index (χ0v) is 11.7.